The van der Waals surface area contributed by atoms with E-state index >= 15 is 0 Å². The van der Waals surface area contributed by atoms with Crippen molar-refractivity contribution in [2.75, 3.05) is 13.6 Å². The summed E-state index contributed by atoms with van der Waals surface area (Å²) in [6.45, 7) is 8.19. The average molecular weight is 422 g/mol. The predicted octanol–water partition coefficient (Wildman–Crippen LogP) is 2.59. The molecule has 0 aromatic carbocycles. The van der Waals surface area contributed by atoms with E-state index in [1.54, 1.807) is 6.33 Å². The number of aryl methyl sites for hydroxylation is 1. The second-order valence-corrected chi connectivity index (χ2v) is 5.33. The minimum absolute atomic E-state index is 0. The molecule has 2 N–H and O–H groups in total. The third kappa shape index (κ3) is 7.95. The molecular weight excluding hydrogens is 391 g/mol. The van der Waals surface area contributed by atoms with Crippen LogP contribution in [0.15, 0.2) is 11.3 Å². The topological polar surface area (TPSA) is 67.1 Å². The van der Waals surface area contributed by atoms with Crippen molar-refractivity contribution >= 4 is 29.9 Å². The zero-order valence-corrected chi connectivity index (χ0v) is 16.6. The summed E-state index contributed by atoms with van der Waals surface area (Å²) in [5.41, 5.74) is 0. The lowest BCUT2D eigenvalue weighted by atomic mass is 10.1. The first-order chi connectivity index (χ1) is 10.2. The van der Waals surface area contributed by atoms with Crippen molar-refractivity contribution in [3.8, 4) is 0 Å². The van der Waals surface area contributed by atoms with Gasteiger partial charge in [-0.25, -0.2) is 0 Å². The molecule has 0 radical (unpaired) electrons. The van der Waals surface area contributed by atoms with Gasteiger partial charge in [-0.15, -0.1) is 34.2 Å². The molecule has 0 saturated heterocycles. The Balaban J connectivity index is 0.00000441. The molecule has 6 nitrogen and oxygen atoms in total. The SMILES string of the molecule is CCCCCC(C)NC(=NC)NCCn1cnnc1CC.I. The van der Waals surface area contributed by atoms with E-state index in [0.717, 1.165) is 31.3 Å². The molecule has 0 saturated carbocycles. The van der Waals surface area contributed by atoms with E-state index in [1.807, 2.05) is 7.05 Å². The van der Waals surface area contributed by atoms with Gasteiger partial charge in [0.2, 0.25) is 0 Å². The summed E-state index contributed by atoms with van der Waals surface area (Å²) < 4.78 is 2.07. The molecule has 0 bridgehead atoms. The lowest BCUT2D eigenvalue weighted by Gasteiger charge is -2.18. The number of aliphatic imine (C=N–C) groups is 1. The molecule has 1 aromatic rings. The summed E-state index contributed by atoms with van der Waals surface area (Å²) in [5, 5.41) is 14.8. The van der Waals surface area contributed by atoms with E-state index in [9.17, 15) is 0 Å². The van der Waals surface area contributed by atoms with Crippen LogP contribution in [-0.4, -0.2) is 40.4 Å². The number of halogens is 1. The molecular formula is C15H31IN6. The number of hydrogen-bond donors (Lipinski definition) is 2. The zero-order valence-electron chi connectivity index (χ0n) is 14.3. The maximum absolute atomic E-state index is 4.27. The predicted molar refractivity (Wildman–Crippen MR) is 103 cm³/mol. The molecule has 1 unspecified atom stereocenters. The zero-order chi connectivity index (χ0) is 15.5. The van der Waals surface area contributed by atoms with Crippen LogP contribution in [0.5, 0.6) is 0 Å². The summed E-state index contributed by atoms with van der Waals surface area (Å²) >= 11 is 0. The summed E-state index contributed by atoms with van der Waals surface area (Å²) in [5.74, 6) is 1.89. The smallest absolute Gasteiger partial charge is 0.191 e. The Hall–Kier alpha value is -0.860. The van der Waals surface area contributed by atoms with Gasteiger partial charge in [0.05, 0.1) is 0 Å². The lowest BCUT2D eigenvalue weighted by Crippen LogP contribution is -2.43. The fourth-order valence-electron chi connectivity index (χ4n) is 2.23. The third-order valence-electron chi connectivity index (χ3n) is 3.50. The van der Waals surface area contributed by atoms with Crippen LogP contribution in [-0.2, 0) is 13.0 Å². The fraction of sp³-hybridized carbons (Fsp3) is 0.800. The van der Waals surface area contributed by atoms with E-state index < -0.39 is 0 Å². The average Bonchev–Trinajstić information content (AvgIpc) is 2.94. The molecule has 1 atom stereocenters. The van der Waals surface area contributed by atoms with Crippen molar-refractivity contribution < 1.29 is 0 Å². The van der Waals surface area contributed by atoms with Crippen LogP contribution in [0.1, 0.15) is 52.3 Å². The first-order valence-corrected chi connectivity index (χ1v) is 8.05. The van der Waals surface area contributed by atoms with E-state index in [4.69, 9.17) is 0 Å². The molecule has 1 heterocycles. The Morgan fingerprint density at radius 3 is 2.77 bits per heavy atom. The fourth-order valence-corrected chi connectivity index (χ4v) is 2.23. The second-order valence-electron chi connectivity index (χ2n) is 5.33. The summed E-state index contributed by atoms with van der Waals surface area (Å²) in [6, 6.07) is 0.448. The summed E-state index contributed by atoms with van der Waals surface area (Å²) in [4.78, 5) is 4.27. The highest BCUT2D eigenvalue weighted by atomic mass is 127. The van der Waals surface area contributed by atoms with Gasteiger partial charge in [0.25, 0.3) is 0 Å². The number of nitrogens with one attached hydrogen (secondary N) is 2. The van der Waals surface area contributed by atoms with Crippen molar-refractivity contribution in [2.24, 2.45) is 4.99 Å². The van der Waals surface area contributed by atoms with E-state index in [0.29, 0.717) is 6.04 Å². The van der Waals surface area contributed by atoms with Gasteiger partial charge in [-0.3, -0.25) is 4.99 Å². The Labute approximate surface area is 151 Å². The number of guanidine groups is 1. The van der Waals surface area contributed by atoms with Crippen molar-refractivity contribution in [3.05, 3.63) is 12.2 Å². The molecule has 7 heteroatoms. The molecule has 22 heavy (non-hydrogen) atoms. The van der Waals surface area contributed by atoms with Gasteiger partial charge in [0.15, 0.2) is 5.96 Å². The van der Waals surface area contributed by atoms with Crippen LogP contribution < -0.4 is 10.6 Å². The highest BCUT2D eigenvalue weighted by Crippen LogP contribution is 2.02. The van der Waals surface area contributed by atoms with Crippen molar-refractivity contribution in [1.82, 2.24) is 25.4 Å². The van der Waals surface area contributed by atoms with Crippen LogP contribution in [0.3, 0.4) is 0 Å². The molecule has 0 fully saturated rings. The van der Waals surface area contributed by atoms with Crippen LogP contribution in [0.2, 0.25) is 0 Å². The minimum Gasteiger partial charge on any atom is -0.355 e. The Morgan fingerprint density at radius 1 is 1.36 bits per heavy atom. The lowest BCUT2D eigenvalue weighted by molar-refractivity contribution is 0.543. The number of unbranched alkanes of at least 4 members (excludes halogenated alkanes) is 2. The van der Waals surface area contributed by atoms with Gasteiger partial charge in [-0.1, -0.05) is 33.1 Å². The van der Waals surface area contributed by atoms with Gasteiger partial charge in [-0.2, -0.15) is 0 Å². The molecule has 0 aliphatic heterocycles. The maximum atomic E-state index is 4.27. The van der Waals surface area contributed by atoms with Crippen LogP contribution in [0.25, 0.3) is 0 Å². The highest BCUT2D eigenvalue weighted by molar-refractivity contribution is 14.0. The Kier molecular flexibility index (Phi) is 12.2. The Morgan fingerprint density at radius 2 is 2.14 bits per heavy atom. The maximum Gasteiger partial charge on any atom is 0.191 e. The van der Waals surface area contributed by atoms with Crippen LogP contribution >= 0.6 is 24.0 Å². The number of nitrogens with zero attached hydrogens (tertiary/aromatic N) is 4. The number of rotatable bonds is 9. The van der Waals surface area contributed by atoms with E-state index in [2.05, 4.69) is 51.2 Å². The second kappa shape index (κ2) is 12.7. The normalized spacial score (nSPS) is 12.6. The molecule has 1 rings (SSSR count). The number of aromatic nitrogens is 3. The highest BCUT2D eigenvalue weighted by Gasteiger charge is 2.05. The van der Waals surface area contributed by atoms with Crippen molar-refractivity contribution in [1.29, 1.82) is 0 Å². The first kappa shape index (κ1) is 21.1. The van der Waals surface area contributed by atoms with Crippen molar-refractivity contribution in [3.63, 3.8) is 0 Å². The van der Waals surface area contributed by atoms with Gasteiger partial charge in [0.1, 0.15) is 12.2 Å². The molecule has 0 spiro atoms. The van der Waals surface area contributed by atoms with E-state index in [-0.39, 0.29) is 24.0 Å². The molecule has 128 valence electrons. The van der Waals surface area contributed by atoms with Crippen LogP contribution in [0.4, 0.5) is 0 Å². The minimum atomic E-state index is 0. The standard InChI is InChI=1S/C15H30N6.HI/c1-5-7-8-9-13(3)19-15(16-4)17-10-11-21-12-18-20-14(21)6-2;/h12-13H,5-11H2,1-4H3,(H2,16,17,19);1H. The molecule has 0 amide bonds. The molecule has 0 aliphatic carbocycles. The largest absolute Gasteiger partial charge is 0.355 e. The third-order valence-corrected chi connectivity index (χ3v) is 3.50. The number of hydrogen-bond acceptors (Lipinski definition) is 3. The van der Waals surface area contributed by atoms with Gasteiger partial charge < -0.3 is 15.2 Å². The summed E-state index contributed by atoms with van der Waals surface area (Å²) in [7, 11) is 1.81. The Bertz CT molecular complexity index is 418. The quantitative estimate of drug-likeness (QED) is 0.278. The summed E-state index contributed by atoms with van der Waals surface area (Å²) in [6.07, 6.45) is 7.69. The first-order valence-electron chi connectivity index (χ1n) is 8.05. The van der Waals surface area contributed by atoms with Gasteiger partial charge >= 0.3 is 0 Å². The molecule has 1 aromatic heterocycles. The monoisotopic (exact) mass is 422 g/mol. The van der Waals surface area contributed by atoms with E-state index in [1.165, 1.54) is 25.7 Å². The van der Waals surface area contributed by atoms with Gasteiger partial charge in [0, 0.05) is 32.6 Å². The van der Waals surface area contributed by atoms with Gasteiger partial charge in [-0.05, 0) is 13.3 Å². The molecule has 0 aliphatic rings. The van der Waals surface area contributed by atoms with Crippen LogP contribution in [0, 0.1) is 0 Å². The van der Waals surface area contributed by atoms with Crippen molar-refractivity contribution in [2.45, 2.75) is 65.5 Å².